The molecule has 21 heavy (non-hydrogen) atoms. The largest absolute Gasteiger partial charge is 0.469 e. The molecule has 7 heteroatoms. The molecule has 0 aliphatic rings. The van der Waals surface area contributed by atoms with Crippen LogP contribution < -0.4 is 11.0 Å². The number of rotatable bonds is 5. The number of ether oxygens (including phenoxy) is 1. The monoisotopic (exact) mass is 290 g/mol. The summed E-state index contributed by atoms with van der Waals surface area (Å²) in [6.45, 7) is 4.08. The maximum atomic E-state index is 12.3. The summed E-state index contributed by atoms with van der Waals surface area (Å²) in [4.78, 5) is 30.9. The summed E-state index contributed by atoms with van der Waals surface area (Å²) in [5.41, 5.74) is 4.79. The number of carbonyl (C=O) groups excluding carboxylic acids is 1. The highest BCUT2D eigenvalue weighted by Gasteiger charge is 2.12. The normalized spacial score (nSPS) is 10.4. The summed E-state index contributed by atoms with van der Waals surface area (Å²) >= 11 is 0. The Morgan fingerprint density at radius 1 is 1.48 bits per heavy atom. The van der Waals surface area contributed by atoms with Gasteiger partial charge in [-0.1, -0.05) is 0 Å². The van der Waals surface area contributed by atoms with E-state index in [1.165, 1.54) is 11.8 Å². The van der Waals surface area contributed by atoms with Crippen molar-refractivity contribution in [2.45, 2.75) is 26.8 Å². The van der Waals surface area contributed by atoms with Gasteiger partial charge in [0.15, 0.2) is 0 Å². The predicted octanol–water partition coefficient (Wildman–Crippen LogP) is 0.647. The zero-order valence-electron chi connectivity index (χ0n) is 12.3. The number of hydrogen-bond acceptors (Lipinski definition) is 5. The molecule has 112 valence electrons. The minimum atomic E-state index is -0.433. The average Bonchev–Trinajstić information content (AvgIpc) is 2.88. The number of pyridine rings is 1. The van der Waals surface area contributed by atoms with E-state index < -0.39 is 5.97 Å². The SMILES string of the molecule is COC(=O)Cc1c(C)ccn(NCc2cnc(C)[nH]2)c1=O. The molecule has 0 atom stereocenters. The number of nitrogens with one attached hydrogen (secondary N) is 2. The zero-order valence-corrected chi connectivity index (χ0v) is 12.3. The highest BCUT2D eigenvalue weighted by atomic mass is 16.5. The van der Waals surface area contributed by atoms with Crippen molar-refractivity contribution in [1.29, 1.82) is 0 Å². The second-order valence-electron chi connectivity index (χ2n) is 4.73. The van der Waals surface area contributed by atoms with Crippen LogP contribution >= 0.6 is 0 Å². The van der Waals surface area contributed by atoms with Crippen LogP contribution in [0, 0.1) is 13.8 Å². The van der Waals surface area contributed by atoms with E-state index in [2.05, 4.69) is 20.1 Å². The number of carbonyl (C=O) groups is 1. The Kier molecular flexibility index (Phi) is 4.42. The van der Waals surface area contributed by atoms with E-state index in [0.29, 0.717) is 12.1 Å². The van der Waals surface area contributed by atoms with Crippen molar-refractivity contribution >= 4 is 5.97 Å². The molecule has 7 nitrogen and oxygen atoms in total. The number of methoxy groups -OCH3 is 1. The fourth-order valence-corrected chi connectivity index (χ4v) is 1.96. The van der Waals surface area contributed by atoms with E-state index in [1.54, 1.807) is 25.4 Å². The van der Waals surface area contributed by atoms with E-state index in [-0.39, 0.29) is 12.0 Å². The van der Waals surface area contributed by atoms with Gasteiger partial charge in [-0.05, 0) is 25.5 Å². The molecule has 0 unspecified atom stereocenters. The van der Waals surface area contributed by atoms with Crippen molar-refractivity contribution in [3.63, 3.8) is 0 Å². The second-order valence-corrected chi connectivity index (χ2v) is 4.73. The number of nitrogens with zero attached hydrogens (tertiary/aromatic N) is 2. The van der Waals surface area contributed by atoms with Crippen molar-refractivity contribution in [1.82, 2.24) is 14.6 Å². The van der Waals surface area contributed by atoms with Crippen molar-refractivity contribution in [2.75, 3.05) is 12.5 Å². The van der Waals surface area contributed by atoms with E-state index in [1.807, 2.05) is 6.92 Å². The van der Waals surface area contributed by atoms with Gasteiger partial charge >= 0.3 is 5.97 Å². The first kappa shape index (κ1) is 14.8. The van der Waals surface area contributed by atoms with E-state index in [9.17, 15) is 9.59 Å². The van der Waals surface area contributed by atoms with Gasteiger partial charge in [0.25, 0.3) is 5.56 Å². The highest BCUT2D eigenvalue weighted by molar-refractivity contribution is 5.72. The van der Waals surface area contributed by atoms with E-state index in [0.717, 1.165) is 17.1 Å². The molecule has 0 spiro atoms. The molecule has 0 bridgehead atoms. The first-order valence-electron chi connectivity index (χ1n) is 6.53. The molecule has 0 aliphatic carbocycles. The van der Waals surface area contributed by atoms with Gasteiger partial charge in [-0.25, -0.2) is 9.66 Å². The van der Waals surface area contributed by atoms with Gasteiger partial charge in [0.2, 0.25) is 0 Å². The lowest BCUT2D eigenvalue weighted by molar-refractivity contribution is -0.139. The Labute approximate surface area is 121 Å². The topological polar surface area (TPSA) is 89.0 Å². The maximum absolute atomic E-state index is 12.3. The number of H-pyrrole nitrogens is 1. The average molecular weight is 290 g/mol. The van der Waals surface area contributed by atoms with Gasteiger partial charge in [-0.15, -0.1) is 0 Å². The smallest absolute Gasteiger partial charge is 0.310 e. The molecule has 0 saturated heterocycles. The number of aryl methyl sites for hydroxylation is 2. The van der Waals surface area contributed by atoms with Crippen molar-refractivity contribution in [3.8, 4) is 0 Å². The molecular weight excluding hydrogens is 272 g/mol. The molecule has 0 aliphatic heterocycles. The van der Waals surface area contributed by atoms with Crippen LogP contribution in [0.2, 0.25) is 0 Å². The van der Waals surface area contributed by atoms with E-state index >= 15 is 0 Å². The summed E-state index contributed by atoms with van der Waals surface area (Å²) in [6, 6.07) is 1.78. The zero-order chi connectivity index (χ0) is 15.4. The Morgan fingerprint density at radius 2 is 2.24 bits per heavy atom. The molecule has 2 aromatic heterocycles. The lowest BCUT2D eigenvalue weighted by Crippen LogP contribution is -2.32. The van der Waals surface area contributed by atoms with Gasteiger partial charge in [-0.3, -0.25) is 9.59 Å². The van der Waals surface area contributed by atoms with Gasteiger partial charge < -0.3 is 15.1 Å². The van der Waals surface area contributed by atoms with Gasteiger partial charge in [0.05, 0.1) is 32.0 Å². The Balaban J connectivity index is 2.18. The van der Waals surface area contributed by atoms with Crippen LogP contribution in [0.1, 0.15) is 22.6 Å². The van der Waals surface area contributed by atoms with Crippen LogP contribution in [0.4, 0.5) is 0 Å². The first-order chi connectivity index (χ1) is 10.0. The predicted molar refractivity (Wildman–Crippen MR) is 77.5 cm³/mol. The second kappa shape index (κ2) is 6.25. The third kappa shape index (κ3) is 3.50. The van der Waals surface area contributed by atoms with Crippen LogP contribution in [0.25, 0.3) is 0 Å². The van der Waals surface area contributed by atoms with Crippen LogP contribution in [0.3, 0.4) is 0 Å². The Bertz CT molecular complexity index is 702. The highest BCUT2D eigenvalue weighted by Crippen LogP contribution is 2.03. The number of imidazole rings is 1. The lowest BCUT2D eigenvalue weighted by Gasteiger charge is -2.11. The Morgan fingerprint density at radius 3 is 2.86 bits per heavy atom. The molecule has 0 radical (unpaired) electrons. The summed E-state index contributed by atoms with van der Waals surface area (Å²) in [5, 5.41) is 0. The molecule has 2 heterocycles. The summed E-state index contributed by atoms with van der Waals surface area (Å²) in [5.74, 6) is 0.381. The molecular formula is C14H18N4O3. The molecule has 0 saturated carbocycles. The van der Waals surface area contributed by atoms with Gasteiger partial charge in [0.1, 0.15) is 5.82 Å². The standard InChI is InChI=1S/C14H18N4O3/c1-9-4-5-18(14(20)12(9)6-13(19)21-3)16-8-11-7-15-10(2)17-11/h4-5,7,16H,6,8H2,1-3H3,(H,15,17). The Hall–Kier alpha value is -2.57. The van der Waals surface area contributed by atoms with Crippen molar-refractivity contribution < 1.29 is 9.53 Å². The molecule has 2 rings (SSSR count). The number of aromatic nitrogens is 3. The maximum Gasteiger partial charge on any atom is 0.310 e. The molecule has 0 amide bonds. The van der Waals surface area contributed by atoms with E-state index in [4.69, 9.17) is 0 Å². The number of hydrogen-bond donors (Lipinski definition) is 2. The summed E-state index contributed by atoms with van der Waals surface area (Å²) < 4.78 is 5.98. The van der Waals surface area contributed by atoms with Crippen LogP contribution in [0.15, 0.2) is 23.3 Å². The third-order valence-electron chi connectivity index (χ3n) is 3.17. The fraction of sp³-hybridized carbons (Fsp3) is 0.357. The molecule has 0 aromatic carbocycles. The van der Waals surface area contributed by atoms with Crippen LogP contribution in [0.5, 0.6) is 0 Å². The van der Waals surface area contributed by atoms with Crippen molar-refractivity contribution in [2.24, 2.45) is 0 Å². The van der Waals surface area contributed by atoms with Crippen molar-refractivity contribution in [3.05, 3.63) is 51.5 Å². The van der Waals surface area contributed by atoms with Gasteiger partial charge in [0, 0.05) is 11.8 Å². The lowest BCUT2D eigenvalue weighted by atomic mass is 10.1. The third-order valence-corrected chi connectivity index (χ3v) is 3.17. The molecule has 0 fully saturated rings. The minimum Gasteiger partial charge on any atom is -0.469 e. The quantitative estimate of drug-likeness (QED) is 0.789. The number of esters is 1. The van der Waals surface area contributed by atoms with Crippen LogP contribution in [-0.4, -0.2) is 27.7 Å². The van der Waals surface area contributed by atoms with Crippen LogP contribution in [-0.2, 0) is 22.5 Å². The summed E-state index contributed by atoms with van der Waals surface area (Å²) in [6.07, 6.45) is 3.31. The van der Waals surface area contributed by atoms with Gasteiger partial charge in [-0.2, -0.15) is 0 Å². The minimum absolute atomic E-state index is 0.0349. The summed E-state index contributed by atoms with van der Waals surface area (Å²) in [7, 11) is 1.30. The molecule has 2 N–H and O–H groups in total. The molecule has 2 aromatic rings. The first-order valence-corrected chi connectivity index (χ1v) is 6.53. The fourth-order valence-electron chi connectivity index (χ4n) is 1.96. The number of aromatic amines is 1.